The molecule has 0 aliphatic carbocycles. The predicted molar refractivity (Wildman–Crippen MR) is 119 cm³/mol. The Bertz CT molecular complexity index is 1010. The second-order valence-electron chi connectivity index (χ2n) is 6.44. The molecule has 0 saturated carbocycles. The molecule has 1 heterocycles. The molecule has 0 amide bonds. The summed E-state index contributed by atoms with van der Waals surface area (Å²) >= 11 is 0. The maximum absolute atomic E-state index is 12.8. The Morgan fingerprint density at radius 3 is 2.33 bits per heavy atom. The quantitative estimate of drug-likeness (QED) is 0.583. The van der Waals surface area contributed by atoms with Crippen LogP contribution in [0.1, 0.15) is 26.5 Å². The minimum atomic E-state index is -0.445. The first-order valence-corrected chi connectivity index (χ1v) is 10.1. The van der Waals surface area contributed by atoms with E-state index in [1.54, 1.807) is 32.0 Å². The number of carbonyl (C=O) groups excluding carboxylic acids is 1. The molecule has 0 aliphatic heterocycles. The number of hydrogen-bond donors (Lipinski definition) is 1. The van der Waals surface area contributed by atoms with Gasteiger partial charge in [-0.2, -0.15) is 0 Å². The van der Waals surface area contributed by atoms with Crippen molar-refractivity contribution in [2.45, 2.75) is 27.7 Å². The first-order valence-electron chi connectivity index (χ1n) is 10.1. The maximum atomic E-state index is 12.8. The summed E-state index contributed by atoms with van der Waals surface area (Å²) in [5.41, 5.74) is 1.69. The number of hydrogen-bond acceptors (Lipinski definition) is 6. The number of rotatable bonds is 7. The van der Waals surface area contributed by atoms with Crippen LogP contribution >= 0.6 is 0 Å². The van der Waals surface area contributed by atoms with Crippen molar-refractivity contribution in [2.75, 3.05) is 26.3 Å². The molecule has 0 radical (unpaired) electrons. The fourth-order valence-corrected chi connectivity index (χ4v) is 2.91. The van der Waals surface area contributed by atoms with Crippen LogP contribution in [0.3, 0.4) is 0 Å². The van der Waals surface area contributed by atoms with E-state index in [9.17, 15) is 9.59 Å². The van der Waals surface area contributed by atoms with E-state index in [-0.39, 0.29) is 12.0 Å². The molecule has 2 aromatic carbocycles. The van der Waals surface area contributed by atoms with E-state index in [1.165, 1.54) is 0 Å². The number of esters is 1. The molecule has 0 spiro atoms. The molecule has 160 valence electrons. The molecule has 0 saturated heterocycles. The fraction of sp³-hybridized carbons (Fsp3) is 0.333. The van der Waals surface area contributed by atoms with Gasteiger partial charge in [-0.1, -0.05) is 44.2 Å². The van der Waals surface area contributed by atoms with Crippen molar-refractivity contribution in [1.82, 2.24) is 5.32 Å². The molecule has 6 nitrogen and oxygen atoms in total. The van der Waals surface area contributed by atoms with Crippen LogP contribution in [0.5, 0.6) is 5.75 Å². The zero-order valence-electron chi connectivity index (χ0n) is 18.0. The Morgan fingerprint density at radius 2 is 1.73 bits per heavy atom. The Balaban J connectivity index is 0.000000575. The number of nitrogens with one attached hydrogen (secondary N) is 1. The topological polar surface area (TPSA) is 77.8 Å². The molecule has 0 atom stereocenters. The van der Waals surface area contributed by atoms with Gasteiger partial charge in [-0.3, -0.25) is 4.79 Å². The summed E-state index contributed by atoms with van der Waals surface area (Å²) in [5.74, 6) is 0.529. The van der Waals surface area contributed by atoms with E-state index in [0.717, 1.165) is 18.7 Å². The highest BCUT2D eigenvalue weighted by atomic mass is 16.6. The average molecular weight is 411 g/mol. The fourth-order valence-electron chi connectivity index (χ4n) is 2.91. The van der Waals surface area contributed by atoms with Crippen LogP contribution in [0.15, 0.2) is 57.7 Å². The molecule has 1 aromatic heterocycles. The molecule has 30 heavy (non-hydrogen) atoms. The first kappa shape index (κ1) is 23.2. The molecule has 0 fully saturated rings. The smallest absolute Gasteiger partial charge is 0.344 e. The predicted octanol–water partition coefficient (Wildman–Crippen LogP) is 4.33. The maximum Gasteiger partial charge on any atom is 0.344 e. The molecule has 6 heteroatoms. The lowest BCUT2D eigenvalue weighted by Crippen LogP contribution is -2.14. The van der Waals surface area contributed by atoms with Gasteiger partial charge in [0.2, 0.25) is 5.43 Å². The van der Waals surface area contributed by atoms with Gasteiger partial charge in [-0.05, 0) is 44.6 Å². The second-order valence-corrected chi connectivity index (χ2v) is 6.44. The molecule has 0 bridgehead atoms. The van der Waals surface area contributed by atoms with Gasteiger partial charge in [0.05, 0.1) is 17.6 Å². The van der Waals surface area contributed by atoms with Gasteiger partial charge >= 0.3 is 5.97 Å². The summed E-state index contributed by atoms with van der Waals surface area (Å²) in [7, 11) is 0. The zero-order chi connectivity index (χ0) is 21.9. The lowest BCUT2D eigenvalue weighted by molar-refractivity contribution is -0.145. The molecular formula is C24H29NO5. The van der Waals surface area contributed by atoms with Gasteiger partial charge in [0.15, 0.2) is 6.61 Å². The van der Waals surface area contributed by atoms with Crippen molar-refractivity contribution in [2.24, 2.45) is 0 Å². The lowest BCUT2D eigenvalue weighted by Gasteiger charge is -2.09. The van der Waals surface area contributed by atoms with Crippen LogP contribution in [-0.4, -0.2) is 32.3 Å². The van der Waals surface area contributed by atoms with Gasteiger partial charge in [0.25, 0.3) is 0 Å². The van der Waals surface area contributed by atoms with Crippen LogP contribution in [-0.2, 0) is 9.53 Å². The van der Waals surface area contributed by atoms with E-state index < -0.39 is 5.97 Å². The molecular weight excluding hydrogens is 382 g/mol. The minimum Gasteiger partial charge on any atom is -0.482 e. The molecule has 1 N–H and O–H groups in total. The largest absolute Gasteiger partial charge is 0.482 e. The number of carbonyl (C=O) groups is 1. The van der Waals surface area contributed by atoms with Crippen molar-refractivity contribution >= 4 is 16.9 Å². The molecule has 0 aliphatic rings. The van der Waals surface area contributed by atoms with E-state index in [1.807, 2.05) is 30.3 Å². The van der Waals surface area contributed by atoms with Crippen molar-refractivity contribution in [3.63, 3.8) is 0 Å². The highest BCUT2D eigenvalue weighted by Gasteiger charge is 2.14. The number of ether oxygens (including phenoxy) is 2. The third-order valence-electron chi connectivity index (χ3n) is 4.26. The summed E-state index contributed by atoms with van der Waals surface area (Å²) in [6.07, 6.45) is 0. The average Bonchev–Trinajstić information content (AvgIpc) is 2.74. The third-order valence-corrected chi connectivity index (χ3v) is 4.26. The van der Waals surface area contributed by atoms with E-state index in [0.29, 0.717) is 34.6 Å². The Hall–Kier alpha value is -3.12. The van der Waals surface area contributed by atoms with Crippen molar-refractivity contribution in [1.29, 1.82) is 0 Å². The number of aryl methyl sites for hydroxylation is 1. The molecule has 3 rings (SSSR count). The van der Waals surface area contributed by atoms with Crippen LogP contribution < -0.4 is 15.5 Å². The summed E-state index contributed by atoms with van der Waals surface area (Å²) in [6, 6.07) is 14.3. The summed E-state index contributed by atoms with van der Waals surface area (Å²) in [4.78, 5) is 24.2. The van der Waals surface area contributed by atoms with Crippen molar-refractivity contribution < 1.29 is 18.7 Å². The van der Waals surface area contributed by atoms with Crippen LogP contribution in [0.4, 0.5) is 0 Å². The van der Waals surface area contributed by atoms with Gasteiger partial charge in [-0.15, -0.1) is 0 Å². The Labute approximate surface area is 176 Å². The second kappa shape index (κ2) is 11.8. The van der Waals surface area contributed by atoms with Crippen LogP contribution in [0, 0.1) is 6.92 Å². The van der Waals surface area contributed by atoms with Crippen LogP contribution in [0.25, 0.3) is 22.1 Å². The van der Waals surface area contributed by atoms with Gasteiger partial charge < -0.3 is 19.2 Å². The van der Waals surface area contributed by atoms with Crippen LogP contribution in [0.2, 0.25) is 0 Å². The standard InChI is InChI=1S/C20H18O5.C4H11N/c1-3-23-18(21)12-24-15-9-10-16-17(11-15)25-13(2)19(20(16)22)14-7-5-4-6-8-14;1-3-5-4-2/h4-11H,3,12H2,1-2H3;5H,3-4H2,1-2H3. The minimum absolute atomic E-state index is 0.0955. The monoisotopic (exact) mass is 411 g/mol. The van der Waals surface area contributed by atoms with Gasteiger partial charge in [-0.25, -0.2) is 4.79 Å². The normalized spacial score (nSPS) is 10.3. The van der Waals surface area contributed by atoms with E-state index in [4.69, 9.17) is 13.9 Å². The van der Waals surface area contributed by atoms with Gasteiger partial charge in [0, 0.05) is 6.07 Å². The number of benzene rings is 2. The SMILES string of the molecule is CCNCC.CCOC(=O)COc1ccc2c(=O)c(-c3ccccc3)c(C)oc2c1. The number of fused-ring (bicyclic) bond motifs is 1. The van der Waals surface area contributed by atoms with Crippen molar-refractivity contribution in [3.05, 3.63) is 64.5 Å². The van der Waals surface area contributed by atoms with Gasteiger partial charge in [0.1, 0.15) is 17.1 Å². The Morgan fingerprint density at radius 1 is 1.03 bits per heavy atom. The van der Waals surface area contributed by atoms with E-state index >= 15 is 0 Å². The molecule has 3 aromatic rings. The lowest BCUT2D eigenvalue weighted by atomic mass is 10.0. The Kier molecular flexibility index (Phi) is 9.09. The summed E-state index contributed by atoms with van der Waals surface area (Å²) < 4.78 is 16.0. The summed E-state index contributed by atoms with van der Waals surface area (Å²) in [5, 5.41) is 3.58. The third kappa shape index (κ3) is 6.19. The highest BCUT2D eigenvalue weighted by molar-refractivity contribution is 5.83. The first-order chi connectivity index (χ1) is 14.5. The summed E-state index contributed by atoms with van der Waals surface area (Å²) in [6.45, 7) is 9.99. The van der Waals surface area contributed by atoms with E-state index in [2.05, 4.69) is 19.2 Å². The molecule has 0 unspecified atom stereocenters. The van der Waals surface area contributed by atoms with Crippen molar-refractivity contribution in [3.8, 4) is 16.9 Å². The highest BCUT2D eigenvalue weighted by Crippen LogP contribution is 2.26. The zero-order valence-corrected chi connectivity index (χ0v) is 18.0.